The number of amides is 1. The van der Waals surface area contributed by atoms with E-state index in [1.165, 1.54) is 21.3 Å². The van der Waals surface area contributed by atoms with Gasteiger partial charge in [0.1, 0.15) is 0 Å². The second kappa shape index (κ2) is 8.16. The van der Waals surface area contributed by atoms with Crippen LogP contribution in [0.1, 0.15) is 10.4 Å². The zero-order chi connectivity index (χ0) is 21.1. The van der Waals surface area contributed by atoms with Crippen LogP contribution in [0.5, 0.6) is 17.2 Å². The first kappa shape index (κ1) is 19.3. The van der Waals surface area contributed by atoms with E-state index >= 15 is 0 Å². The quantitative estimate of drug-likeness (QED) is 0.371. The van der Waals surface area contributed by atoms with E-state index in [9.17, 15) is 4.79 Å². The second-order valence-electron chi connectivity index (χ2n) is 6.51. The Kier molecular flexibility index (Phi) is 5.26. The van der Waals surface area contributed by atoms with Gasteiger partial charge < -0.3 is 14.2 Å². The number of nitrogens with zero attached hydrogens (tertiary/aromatic N) is 1. The molecule has 0 radical (unpaired) electrons. The Morgan fingerprint density at radius 1 is 0.800 bits per heavy atom. The van der Waals surface area contributed by atoms with Crippen molar-refractivity contribution in [3.63, 3.8) is 0 Å². The van der Waals surface area contributed by atoms with E-state index in [1.807, 2.05) is 48.5 Å². The molecule has 30 heavy (non-hydrogen) atoms. The maximum absolute atomic E-state index is 12.9. The van der Waals surface area contributed by atoms with Gasteiger partial charge in [0.15, 0.2) is 11.5 Å². The lowest BCUT2D eigenvalue weighted by atomic mass is 10.1. The molecule has 0 unspecified atom stereocenters. The second-order valence-corrected chi connectivity index (χ2v) is 6.51. The van der Waals surface area contributed by atoms with Crippen molar-refractivity contribution in [2.45, 2.75) is 0 Å². The Bertz CT molecular complexity index is 1160. The molecule has 0 atom stereocenters. The number of hydrogen-bond donors (Lipinski definition) is 2. The third-order valence-electron chi connectivity index (χ3n) is 4.82. The average molecular weight is 403 g/mol. The van der Waals surface area contributed by atoms with E-state index in [4.69, 9.17) is 14.2 Å². The highest BCUT2D eigenvalue weighted by molar-refractivity contribution is 6.08. The highest BCUT2D eigenvalue weighted by atomic mass is 16.5. The lowest BCUT2D eigenvalue weighted by Crippen LogP contribution is -2.29. The molecule has 0 spiro atoms. The van der Waals surface area contributed by atoms with E-state index in [0.717, 1.165) is 27.5 Å². The maximum atomic E-state index is 12.9. The number of rotatable bonds is 6. The Balaban J connectivity index is 1.70. The molecule has 0 aliphatic heterocycles. The van der Waals surface area contributed by atoms with Gasteiger partial charge in [0.05, 0.1) is 38.1 Å². The summed E-state index contributed by atoms with van der Waals surface area (Å²) < 4.78 is 16.0. The first-order valence-electron chi connectivity index (χ1n) is 9.30. The fraction of sp³-hybridized carbons (Fsp3) is 0.130. The summed E-state index contributed by atoms with van der Waals surface area (Å²) in [5, 5.41) is 1.81. The summed E-state index contributed by atoms with van der Waals surface area (Å²) in [4.78, 5) is 17.6. The first-order chi connectivity index (χ1) is 14.7. The van der Waals surface area contributed by atoms with Crippen LogP contribution in [0.3, 0.4) is 0 Å². The van der Waals surface area contributed by atoms with Gasteiger partial charge in [-0.2, -0.15) is 0 Å². The fourth-order valence-electron chi connectivity index (χ4n) is 3.38. The van der Waals surface area contributed by atoms with Gasteiger partial charge in [-0.15, -0.1) is 0 Å². The average Bonchev–Trinajstić information content (AvgIpc) is 2.80. The van der Waals surface area contributed by atoms with Crippen LogP contribution in [-0.4, -0.2) is 32.2 Å². The largest absolute Gasteiger partial charge is 0.493 e. The van der Waals surface area contributed by atoms with Crippen LogP contribution < -0.4 is 25.1 Å². The number of carbonyl (C=O) groups excluding carboxylic acids is 1. The maximum Gasteiger partial charge on any atom is 0.269 e. The number of nitrogens with one attached hydrogen (secondary N) is 2. The van der Waals surface area contributed by atoms with Gasteiger partial charge in [-0.1, -0.05) is 36.4 Å². The molecule has 3 aromatic carbocycles. The molecule has 0 saturated heterocycles. The van der Waals surface area contributed by atoms with E-state index in [2.05, 4.69) is 15.8 Å². The van der Waals surface area contributed by atoms with Gasteiger partial charge in [0.25, 0.3) is 5.91 Å². The fourth-order valence-corrected chi connectivity index (χ4v) is 3.38. The smallest absolute Gasteiger partial charge is 0.269 e. The SMILES string of the molecule is COc1cc(C(=O)NNc2c3ccccc3nc3ccccc23)cc(OC)c1OC. The van der Waals surface area contributed by atoms with Crippen LogP contribution >= 0.6 is 0 Å². The zero-order valence-corrected chi connectivity index (χ0v) is 16.9. The van der Waals surface area contributed by atoms with Crippen LogP contribution in [0.4, 0.5) is 5.69 Å². The number of methoxy groups -OCH3 is 3. The number of hydrazine groups is 1. The van der Waals surface area contributed by atoms with Crippen molar-refractivity contribution >= 4 is 33.4 Å². The Labute approximate surface area is 173 Å². The van der Waals surface area contributed by atoms with Gasteiger partial charge in [-0.05, 0) is 24.3 Å². The van der Waals surface area contributed by atoms with E-state index in [1.54, 1.807) is 12.1 Å². The summed E-state index contributed by atoms with van der Waals surface area (Å²) >= 11 is 0. The number of aromatic nitrogens is 1. The molecule has 7 heteroatoms. The predicted molar refractivity (Wildman–Crippen MR) is 116 cm³/mol. The minimum Gasteiger partial charge on any atom is -0.493 e. The third kappa shape index (κ3) is 3.41. The van der Waals surface area contributed by atoms with Crippen LogP contribution in [0, 0.1) is 0 Å². The number of anilines is 1. The van der Waals surface area contributed by atoms with Crippen molar-refractivity contribution in [3.8, 4) is 17.2 Å². The minimum atomic E-state index is -0.348. The predicted octanol–water partition coefficient (Wildman–Crippen LogP) is 4.17. The summed E-state index contributed by atoms with van der Waals surface area (Å²) in [6.45, 7) is 0. The molecule has 0 fully saturated rings. The Hall–Kier alpha value is -4.00. The number of benzene rings is 3. The molecule has 1 amide bonds. The normalized spacial score (nSPS) is 10.6. The molecule has 0 aliphatic carbocycles. The number of fused-ring (bicyclic) bond motifs is 2. The summed E-state index contributed by atoms with van der Waals surface area (Å²) in [6.07, 6.45) is 0. The first-order valence-corrected chi connectivity index (χ1v) is 9.30. The van der Waals surface area contributed by atoms with Crippen molar-refractivity contribution in [1.82, 2.24) is 10.4 Å². The Morgan fingerprint density at radius 3 is 1.83 bits per heavy atom. The van der Waals surface area contributed by atoms with Crippen molar-refractivity contribution in [2.75, 3.05) is 26.8 Å². The standard InChI is InChI=1S/C23H21N3O4/c1-28-19-12-14(13-20(29-2)22(19)30-3)23(27)26-25-21-15-8-4-6-10-17(15)24-18-11-7-5-9-16(18)21/h4-13H,1-3H3,(H,24,25)(H,26,27). The molecule has 0 saturated carbocycles. The number of carbonyl (C=O) groups is 1. The third-order valence-corrected chi connectivity index (χ3v) is 4.82. The zero-order valence-electron chi connectivity index (χ0n) is 16.9. The summed E-state index contributed by atoms with van der Waals surface area (Å²) in [5.74, 6) is 0.887. The van der Waals surface area contributed by atoms with Crippen molar-refractivity contribution in [2.24, 2.45) is 0 Å². The van der Waals surface area contributed by atoms with Crippen LogP contribution in [-0.2, 0) is 0 Å². The van der Waals surface area contributed by atoms with Gasteiger partial charge in [-0.25, -0.2) is 4.98 Å². The lowest BCUT2D eigenvalue weighted by molar-refractivity contribution is 0.0962. The summed E-state index contributed by atoms with van der Waals surface area (Å²) in [7, 11) is 4.53. The molecule has 0 aliphatic rings. The molecule has 7 nitrogen and oxygen atoms in total. The minimum absolute atomic E-state index is 0.348. The van der Waals surface area contributed by atoms with Crippen LogP contribution in [0.15, 0.2) is 60.7 Å². The van der Waals surface area contributed by atoms with E-state index < -0.39 is 0 Å². The van der Waals surface area contributed by atoms with Gasteiger partial charge in [0.2, 0.25) is 5.75 Å². The molecular formula is C23H21N3O4. The lowest BCUT2D eigenvalue weighted by Gasteiger charge is -2.16. The number of pyridine rings is 1. The number of para-hydroxylation sites is 2. The summed E-state index contributed by atoms with van der Waals surface area (Å²) in [5.41, 5.74) is 8.65. The van der Waals surface area contributed by atoms with Crippen molar-refractivity contribution < 1.29 is 19.0 Å². The van der Waals surface area contributed by atoms with Gasteiger partial charge in [-0.3, -0.25) is 15.6 Å². The van der Waals surface area contributed by atoms with Crippen molar-refractivity contribution in [1.29, 1.82) is 0 Å². The molecule has 4 aromatic rings. The van der Waals surface area contributed by atoms with Crippen molar-refractivity contribution in [3.05, 3.63) is 66.2 Å². The van der Waals surface area contributed by atoms with Gasteiger partial charge in [0, 0.05) is 16.3 Å². The highest BCUT2D eigenvalue weighted by Crippen LogP contribution is 2.38. The van der Waals surface area contributed by atoms with Crippen LogP contribution in [0.25, 0.3) is 21.8 Å². The monoisotopic (exact) mass is 403 g/mol. The van der Waals surface area contributed by atoms with E-state index in [-0.39, 0.29) is 5.91 Å². The van der Waals surface area contributed by atoms with Gasteiger partial charge >= 0.3 is 0 Å². The van der Waals surface area contributed by atoms with E-state index in [0.29, 0.717) is 22.8 Å². The molecular weight excluding hydrogens is 382 g/mol. The molecule has 4 rings (SSSR count). The summed E-state index contributed by atoms with van der Waals surface area (Å²) in [6, 6.07) is 18.7. The molecule has 152 valence electrons. The molecule has 0 bridgehead atoms. The number of hydrogen-bond acceptors (Lipinski definition) is 6. The molecule has 1 aromatic heterocycles. The highest BCUT2D eigenvalue weighted by Gasteiger charge is 2.17. The molecule has 2 N–H and O–H groups in total. The number of ether oxygens (including phenoxy) is 3. The topological polar surface area (TPSA) is 81.7 Å². The van der Waals surface area contributed by atoms with Crippen LogP contribution in [0.2, 0.25) is 0 Å². The Morgan fingerprint density at radius 2 is 1.33 bits per heavy atom. The molecule has 1 heterocycles.